The van der Waals surface area contributed by atoms with Gasteiger partial charge in [-0.2, -0.15) is 4.58 Å². The number of carboxylic acid groups (broad SMARTS) is 1. The van der Waals surface area contributed by atoms with Crippen LogP contribution in [0.4, 0.5) is 11.4 Å². The van der Waals surface area contributed by atoms with E-state index in [1.54, 1.807) is 24.3 Å². The monoisotopic (exact) mass is 351 g/mol. The second kappa shape index (κ2) is 6.27. The van der Waals surface area contributed by atoms with Gasteiger partial charge in [-0.05, 0) is 71.2 Å². The van der Waals surface area contributed by atoms with E-state index in [0.717, 1.165) is 17.8 Å². The van der Waals surface area contributed by atoms with Crippen molar-refractivity contribution >= 4 is 23.7 Å². The fraction of sp³-hybridized carbons (Fsp3) is 0.364. The van der Waals surface area contributed by atoms with Crippen molar-refractivity contribution in [2.75, 3.05) is 0 Å². The van der Waals surface area contributed by atoms with Crippen LogP contribution in [0.1, 0.15) is 62.0 Å². The molecule has 0 unspecified atom stereocenters. The number of carbonyl (C=O) groups is 1. The first-order chi connectivity index (χ1) is 12.2. The molecule has 0 aromatic heterocycles. The Balaban J connectivity index is 2.07. The first-order valence-corrected chi connectivity index (χ1v) is 8.98. The fourth-order valence-electron chi connectivity index (χ4n) is 3.81. The Morgan fingerprint density at radius 1 is 0.962 bits per heavy atom. The Labute approximate surface area is 155 Å². The van der Waals surface area contributed by atoms with Gasteiger partial charge in [0.25, 0.3) is 0 Å². The molecule has 3 rings (SSSR count). The zero-order valence-corrected chi connectivity index (χ0v) is 15.9. The molecule has 0 bridgehead atoms. The SMILES string of the molecule is CC1(C)CCC(C)(C)c2cc([N+](=CN)c3ccc(C(=O)O)cc3)ccc21. The minimum Gasteiger partial charge on any atom is -0.478 e. The summed E-state index contributed by atoms with van der Waals surface area (Å²) in [7, 11) is 0. The highest BCUT2D eigenvalue weighted by atomic mass is 16.4. The van der Waals surface area contributed by atoms with Crippen molar-refractivity contribution in [3.63, 3.8) is 0 Å². The molecule has 0 amide bonds. The summed E-state index contributed by atoms with van der Waals surface area (Å²) in [6.07, 6.45) is 3.85. The molecule has 1 aliphatic carbocycles. The van der Waals surface area contributed by atoms with Gasteiger partial charge in [0.1, 0.15) is 11.4 Å². The van der Waals surface area contributed by atoms with Gasteiger partial charge in [-0.15, -0.1) is 0 Å². The van der Waals surface area contributed by atoms with Gasteiger partial charge in [0, 0.05) is 0 Å². The number of aromatic carboxylic acids is 1. The van der Waals surface area contributed by atoms with E-state index in [4.69, 9.17) is 10.8 Å². The lowest BCUT2D eigenvalue weighted by Crippen LogP contribution is -2.34. The summed E-state index contributed by atoms with van der Waals surface area (Å²) >= 11 is 0. The molecular weight excluding hydrogens is 324 g/mol. The summed E-state index contributed by atoms with van der Waals surface area (Å²) in [6.45, 7) is 9.20. The number of rotatable bonds is 3. The summed E-state index contributed by atoms with van der Waals surface area (Å²) in [6, 6.07) is 13.3. The number of carboxylic acids is 1. The number of hydrogen-bond acceptors (Lipinski definition) is 1. The molecular formula is C22H27N2O2+. The lowest BCUT2D eigenvalue weighted by molar-refractivity contribution is 0.0697. The first kappa shape index (κ1) is 18.2. The van der Waals surface area contributed by atoms with Crippen molar-refractivity contribution in [2.45, 2.75) is 51.4 Å². The maximum Gasteiger partial charge on any atom is 0.335 e. The third-order valence-corrected chi connectivity index (χ3v) is 5.66. The summed E-state index contributed by atoms with van der Waals surface area (Å²) < 4.78 is 1.89. The zero-order valence-electron chi connectivity index (χ0n) is 15.9. The number of hydrogen-bond donors (Lipinski definition) is 2. The van der Waals surface area contributed by atoms with Gasteiger partial charge < -0.3 is 5.11 Å². The van der Waals surface area contributed by atoms with Crippen molar-refractivity contribution < 1.29 is 9.90 Å². The van der Waals surface area contributed by atoms with Crippen LogP contribution in [0, 0.1) is 0 Å². The average Bonchev–Trinajstić information content (AvgIpc) is 2.60. The molecule has 2 aromatic carbocycles. The molecule has 0 aliphatic heterocycles. The molecule has 3 N–H and O–H groups in total. The molecule has 0 spiro atoms. The molecule has 2 aromatic rings. The standard InChI is InChI=1S/C22H26N2O2/c1-21(2)11-12-22(3,4)19-13-17(9-10-18(19)21)24(14-23)16-7-5-15(6-8-16)20(25)26/h5-10,13-14,23H,11-12H2,1-4H3,(H,25,26)/p+1. The number of fused-ring (bicyclic) bond motifs is 1. The molecule has 26 heavy (non-hydrogen) atoms. The molecule has 136 valence electrons. The Hall–Kier alpha value is -2.62. The van der Waals surface area contributed by atoms with E-state index in [-0.39, 0.29) is 16.4 Å². The van der Waals surface area contributed by atoms with Gasteiger partial charge in [-0.1, -0.05) is 33.8 Å². The van der Waals surface area contributed by atoms with E-state index in [1.807, 2.05) is 4.58 Å². The van der Waals surface area contributed by atoms with Crippen LogP contribution in [0.25, 0.3) is 0 Å². The van der Waals surface area contributed by atoms with E-state index >= 15 is 0 Å². The number of nitrogens with zero attached hydrogens (tertiary/aromatic N) is 1. The van der Waals surface area contributed by atoms with Crippen molar-refractivity contribution in [3.8, 4) is 0 Å². The van der Waals surface area contributed by atoms with Crippen molar-refractivity contribution in [2.24, 2.45) is 5.73 Å². The molecule has 0 fully saturated rings. The summed E-state index contributed by atoms with van der Waals surface area (Å²) in [4.78, 5) is 11.1. The van der Waals surface area contributed by atoms with Crippen LogP contribution in [0.15, 0.2) is 42.5 Å². The van der Waals surface area contributed by atoms with Crippen molar-refractivity contribution in [3.05, 3.63) is 59.2 Å². The topological polar surface area (TPSA) is 66.3 Å². The van der Waals surface area contributed by atoms with Gasteiger partial charge in [0.2, 0.25) is 6.34 Å². The quantitative estimate of drug-likeness (QED) is 0.484. The van der Waals surface area contributed by atoms with E-state index < -0.39 is 5.97 Å². The van der Waals surface area contributed by atoms with E-state index in [0.29, 0.717) is 0 Å². The Morgan fingerprint density at radius 2 is 1.50 bits per heavy atom. The van der Waals surface area contributed by atoms with Crippen molar-refractivity contribution in [1.82, 2.24) is 4.58 Å². The second-order valence-corrected chi connectivity index (χ2v) is 8.37. The second-order valence-electron chi connectivity index (χ2n) is 8.37. The zero-order chi connectivity index (χ0) is 19.1. The smallest absolute Gasteiger partial charge is 0.335 e. The van der Waals surface area contributed by atoms with Gasteiger partial charge in [-0.3, -0.25) is 5.73 Å². The Bertz CT molecular complexity index is 878. The lowest BCUT2D eigenvalue weighted by atomic mass is 9.63. The predicted octanol–water partition coefficient (Wildman–Crippen LogP) is 4.56. The highest BCUT2D eigenvalue weighted by molar-refractivity contribution is 5.88. The van der Waals surface area contributed by atoms with Crippen LogP contribution in [0.5, 0.6) is 0 Å². The fourth-order valence-corrected chi connectivity index (χ4v) is 3.81. The maximum absolute atomic E-state index is 11.1. The minimum absolute atomic E-state index is 0.119. The van der Waals surface area contributed by atoms with Crippen LogP contribution >= 0.6 is 0 Å². The first-order valence-electron chi connectivity index (χ1n) is 8.98. The van der Waals surface area contributed by atoms with Crippen LogP contribution < -0.4 is 10.3 Å². The van der Waals surface area contributed by atoms with Gasteiger partial charge >= 0.3 is 5.97 Å². The van der Waals surface area contributed by atoms with E-state index in [9.17, 15) is 4.79 Å². The molecule has 0 radical (unpaired) electrons. The van der Waals surface area contributed by atoms with E-state index in [1.165, 1.54) is 23.9 Å². The molecule has 0 saturated carbocycles. The third kappa shape index (κ3) is 3.12. The number of nitrogens with two attached hydrogens (primary N) is 1. The van der Waals surface area contributed by atoms with Gasteiger partial charge in [0.15, 0.2) is 0 Å². The van der Waals surface area contributed by atoms with Gasteiger partial charge in [-0.25, -0.2) is 4.79 Å². The van der Waals surface area contributed by atoms with Crippen LogP contribution in [0.2, 0.25) is 0 Å². The minimum atomic E-state index is -0.933. The maximum atomic E-state index is 11.1. The average molecular weight is 351 g/mol. The molecule has 4 heteroatoms. The lowest BCUT2D eigenvalue weighted by Gasteiger charge is -2.41. The number of benzene rings is 2. The molecule has 0 saturated heterocycles. The highest BCUT2D eigenvalue weighted by Crippen LogP contribution is 2.46. The van der Waals surface area contributed by atoms with Gasteiger partial charge in [0.05, 0.1) is 5.56 Å². The Kier molecular flexibility index (Phi) is 4.39. The summed E-state index contributed by atoms with van der Waals surface area (Å²) in [5.74, 6) is -0.933. The normalized spacial score (nSPS) is 18.2. The predicted molar refractivity (Wildman–Crippen MR) is 107 cm³/mol. The van der Waals surface area contributed by atoms with Crippen molar-refractivity contribution in [1.29, 1.82) is 0 Å². The van der Waals surface area contributed by atoms with Crippen LogP contribution in [-0.4, -0.2) is 17.4 Å². The Morgan fingerprint density at radius 3 is 2.04 bits per heavy atom. The molecule has 1 aliphatic rings. The molecule has 4 nitrogen and oxygen atoms in total. The summed E-state index contributed by atoms with van der Waals surface area (Å²) in [5.41, 5.74) is 11.1. The largest absolute Gasteiger partial charge is 0.478 e. The van der Waals surface area contributed by atoms with E-state index in [2.05, 4.69) is 45.9 Å². The molecule has 0 heterocycles. The molecule has 0 atom stereocenters. The highest BCUT2D eigenvalue weighted by Gasteiger charge is 2.37. The third-order valence-electron chi connectivity index (χ3n) is 5.66. The van der Waals surface area contributed by atoms with Crippen LogP contribution in [0.3, 0.4) is 0 Å². The summed E-state index contributed by atoms with van der Waals surface area (Å²) in [5, 5.41) is 9.08. The van der Waals surface area contributed by atoms with Crippen LogP contribution in [-0.2, 0) is 10.8 Å².